The number of aryl methyl sites for hydroxylation is 1. The van der Waals surface area contributed by atoms with Crippen molar-refractivity contribution in [1.82, 2.24) is 15.0 Å². The van der Waals surface area contributed by atoms with Crippen molar-refractivity contribution in [2.75, 3.05) is 6.54 Å². The predicted octanol–water partition coefficient (Wildman–Crippen LogP) is 1.45. The summed E-state index contributed by atoms with van der Waals surface area (Å²) < 4.78 is 5.17. The monoisotopic (exact) mass is 221 g/mol. The Morgan fingerprint density at radius 1 is 1.44 bits per heavy atom. The Balaban J connectivity index is 1.80. The molecule has 1 aliphatic carbocycles. The summed E-state index contributed by atoms with van der Waals surface area (Å²) in [5.74, 6) is 1.78. The standard InChI is InChI=1S/C11H15N3O2/c1-7-12-10(16-13-7)9-3-2-6-14(9)11(15)8-4-5-8/h8-9H,2-6H2,1H3. The van der Waals surface area contributed by atoms with E-state index in [4.69, 9.17) is 4.52 Å². The van der Waals surface area contributed by atoms with Gasteiger partial charge in [0.2, 0.25) is 11.8 Å². The molecule has 1 saturated heterocycles. The van der Waals surface area contributed by atoms with Crippen LogP contribution in [-0.4, -0.2) is 27.5 Å². The van der Waals surface area contributed by atoms with Gasteiger partial charge >= 0.3 is 0 Å². The van der Waals surface area contributed by atoms with Crippen LogP contribution in [0.2, 0.25) is 0 Å². The van der Waals surface area contributed by atoms with E-state index in [1.54, 1.807) is 6.92 Å². The second-order valence-corrected chi connectivity index (χ2v) is 4.64. The van der Waals surface area contributed by atoms with Crippen LogP contribution in [0.4, 0.5) is 0 Å². The van der Waals surface area contributed by atoms with Crippen LogP contribution in [0.1, 0.15) is 43.4 Å². The number of carbonyl (C=O) groups excluding carboxylic acids is 1. The first kappa shape index (κ1) is 9.81. The molecule has 0 spiro atoms. The van der Waals surface area contributed by atoms with Gasteiger partial charge in [-0.1, -0.05) is 5.16 Å². The van der Waals surface area contributed by atoms with E-state index in [1.165, 1.54) is 0 Å². The maximum atomic E-state index is 12.0. The van der Waals surface area contributed by atoms with Crippen molar-refractivity contribution < 1.29 is 9.32 Å². The lowest BCUT2D eigenvalue weighted by Gasteiger charge is -2.21. The van der Waals surface area contributed by atoms with Crippen molar-refractivity contribution in [3.8, 4) is 0 Å². The van der Waals surface area contributed by atoms with Crippen molar-refractivity contribution in [2.24, 2.45) is 5.92 Å². The highest BCUT2D eigenvalue weighted by atomic mass is 16.5. The first-order valence-corrected chi connectivity index (χ1v) is 5.86. The Hall–Kier alpha value is -1.39. The zero-order valence-electron chi connectivity index (χ0n) is 9.35. The molecule has 86 valence electrons. The molecule has 1 aromatic rings. The second kappa shape index (κ2) is 3.57. The van der Waals surface area contributed by atoms with E-state index < -0.39 is 0 Å². The molecule has 1 amide bonds. The summed E-state index contributed by atoms with van der Waals surface area (Å²) in [5.41, 5.74) is 0. The van der Waals surface area contributed by atoms with Crippen molar-refractivity contribution >= 4 is 5.91 Å². The van der Waals surface area contributed by atoms with E-state index in [0.29, 0.717) is 11.7 Å². The molecule has 0 N–H and O–H groups in total. The molecule has 1 aromatic heterocycles. The summed E-state index contributed by atoms with van der Waals surface area (Å²) >= 11 is 0. The number of rotatable bonds is 2. The number of hydrogen-bond donors (Lipinski definition) is 0. The maximum Gasteiger partial charge on any atom is 0.249 e. The van der Waals surface area contributed by atoms with Gasteiger partial charge < -0.3 is 9.42 Å². The molecule has 1 unspecified atom stereocenters. The molecule has 5 heteroatoms. The number of nitrogens with zero attached hydrogens (tertiary/aromatic N) is 3. The van der Waals surface area contributed by atoms with Gasteiger partial charge in [-0.25, -0.2) is 0 Å². The largest absolute Gasteiger partial charge is 0.337 e. The highest BCUT2D eigenvalue weighted by Gasteiger charge is 2.40. The fraction of sp³-hybridized carbons (Fsp3) is 0.727. The van der Waals surface area contributed by atoms with Crippen LogP contribution in [0.15, 0.2) is 4.52 Å². The van der Waals surface area contributed by atoms with E-state index in [9.17, 15) is 4.79 Å². The summed E-state index contributed by atoms with van der Waals surface area (Å²) in [6.07, 6.45) is 4.07. The Bertz CT molecular complexity index is 411. The van der Waals surface area contributed by atoms with Gasteiger partial charge in [0.1, 0.15) is 6.04 Å². The van der Waals surface area contributed by atoms with Gasteiger partial charge in [-0.2, -0.15) is 4.98 Å². The minimum atomic E-state index is 0.0225. The fourth-order valence-electron chi connectivity index (χ4n) is 2.30. The van der Waals surface area contributed by atoms with Crippen LogP contribution < -0.4 is 0 Å². The molecule has 1 atom stereocenters. The summed E-state index contributed by atoms with van der Waals surface area (Å²) in [7, 11) is 0. The summed E-state index contributed by atoms with van der Waals surface area (Å²) in [4.78, 5) is 18.2. The molecule has 0 bridgehead atoms. The Morgan fingerprint density at radius 2 is 2.25 bits per heavy atom. The first-order valence-electron chi connectivity index (χ1n) is 5.86. The minimum Gasteiger partial charge on any atom is -0.337 e. The first-order chi connectivity index (χ1) is 7.75. The van der Waals surface area contributed by atoms with Crippen molar-refractivity contribution in [3.05, 3.63) is 11.7 Å². The number of amides is 1. The lowest BCUT2D eigenvalue weighted by Crippen LogP contribution is -2.31. The van der Waals surface area contributed by atoms with Crippen LogP contribution in [0.3, 0.4) is 0 Å². The van der Waals surface area contributed by atoms with Gasteiger partial charge in [0.15, 0.2) is 5.82 Å². The van der Waals surface area contributed by atoms with Crippen LogP contribution in [0.5, 0.6) is 0 Å². The van der Waals surface area contributed by atoms with E-state index >= 15 is 0 Å². The molecule has 0 radical (unpaired) electrons. The lowest BCUT2D eigenvalue weighted by atomic mass is 10.2. The topological polar surface area (TPSA) is 59.2 Å². The second-order valence-electron chi connectivity index (χ2n) is 4.64. The molecule has 16 heavy (non-hydrogen) atoms. The van der Waals surface area contributed by atoms with Crippen LogP contribution >= 0.6 is 0 Å². The number of hydrogen-bond acceptors (Lipinski definition) is 4. The van der Waals surface area contributed by atoms with Crippen molar-refractivity contribution in [1.29, 1.82) is 0 Å². The number of aromatic nitrogens is 2. The zero-order chi connectivity index (χ0) is 11.1. The van der Waals surface area contributed by atoms with Gasteiger partial charge in [0, 0.05) is 12.5 Å². The molecule has 2 aliphatic rings. The molecule has 1 aliphatic heterocycles. The highest BCUT2D eigenvalue weighted by Crippen LogP contribution is 2.38. The third kappa shape index (κ3) is 1.60. The van der Waals surface area contributed by atoms with E-state index in [-0.39, 0.29) is 17.9 Å². The Labute approximate surface area is 93.8 Å². The lowest BCUT2D eigenvalue weighted by molar-refractivity contribution is -0.133. The summed E-state index contributed by atoms with van der Waals surface area (Å²) in [5, 5.41) is 3.79. The van der Waals surface area contributed by atoms with Crippen molar-refractivity contribution in [3.63, 3.8) is 0 Å². The van der Waals surface area contributed by atoms with Crippen LogP contribution in [0.25, 0.3) is 0 Å². The smallest absolute Gasteiger partial charge is 0.249 e. The number of likely N-dealkylation sites (tertiary alicyclic amines) is 1. The van der Waals surface area contributed by atoms with Crippen LogP contribution in [-0.2, 0) is 4.79 Å². The molecule has 5 nitrogen and oxygen atoms in total. The molecule has 1 saturated carbocycles. The molecule has 3 rings (SSSR count). The quantitative estimate of drug-likeness (QED) is 0.758. The Morgan fingerprint density at radius 3 is 2.88 bits per heavy atom. The molecular weight excluding hydrogens is 206 g/mol. The Kier molecular flexibility index (Phi) is 2.19. The van der Waals surface area contributed by atoms with Gasteiger partial charge in [0.25, 0.3) is 0 Å². The van der Waals surface area contributed by atoms with Gasteiger partial charge in [-0.3, -0.25) is 4.79 Å². The highest BCUT2D eigenvalue weighted by molar-refractivity contribution is 5.81. The summed E-state index contributed by atoms with van der Waals surface area (Å²) in [6.45, 7) is 2.64. The van der Waals surface area contributed by atoms with Gasteiger partial charge in [-0.15, -0.1) is 0 Å². The molecular formula is C11H15N3O2. The third-order valence-corrected chi connectivity index (χ3v) is 3.29. The minimum absolute atomic E-state index is 0.0225. The van der Waals surface area contributed by atoms with E-state index in [0.717, 1.165) is 32.2 Å². The normalized spacial score (nSPS) is 25.1. The molecule has 2 fully saturated rings. The average Bonchev–Trinajstić information content (AvgIpc) is 2.84. The van der Waals surface area contributed by atoms with E-state index in [1.807, 2.05) is 4.90 Å². The van der Waals surface area contributed by atoms with Gasteiger partial charge in [0.05, 0.1) is 0 Å². The van der Waals surface area contributed by atoms with Crippen LogP contribution in [0, 0.1) is 12.8 Å². The third-order valence-electron chi connectivity index (χ3n) is 3.29. The zero-order valence-corrected chi connectivity index (χ0v) is 9.35. The maximum absolute atomic E-state index is 12.0. The SMILES string of the molecule is Cc1noc(C2CCCN2C(=O)C2CC2)n1. The predicted molar refractivity (Wildman–Crippen MR) is 55.4 cm³/mol. The van der Waals surface area contributed by atoms with Crippen molar-refractivity contribution in [2.45, 2.75) is 38.6 Å². The van der Waals surface area contributed by atoms with Gasteiger partial charge in [-0.05, 0) is 32.6 Å². The fourth-order valence-corrected chi connectivity index (χ4v) is 2.30. The average molecular weight is 221 g/mol. The molecule has 0 aromatic carbocycles. The van der Waals surface area contributed by atoms with E-state index in [2.05, 4.69) is 10.1 Å². The molecule has 2 heterocycles. The number of carbonyl (C=O) groups is 1. The summed E-state index contributed by atoms with van der Waals surface area (Å²) in [6, 6.07) is 0.0225.